The molecule has 0 aliphatic rings. The number of fused-ring (bicyclic) bond motifs is 1. The first-order valence-electron chi connectivity index (χ1n) is 8.99. The molecule has 2 aromatic carbocycles. The van der Waals surface area contributed by atoms with Crippen LogP contribution < -0.4 is 16.2 Å². The third-order valence-electron chi connectivity index (χ3n) is 4.64. The van der Waals surface area contributed by atoms with Crippen LogP contribution in [0.1, 0.15) is 28.9 Å². The molecule has 9 heteroatoms. The molecule has 152 valence electrons. The monoisotopic (exact) mass is 409 g/mol. The van der Waals surface area contributed by atoms with Crippen molar-refractivity contribution in [2.45, 2.75) is 13.0 Å². The molecule has 0 saturated heterocycles. The van der Waals surface area contributed by atoms with E-state index in [1.165, 1.54) is 41.2 Å². The normalized spacial score (nSPS) is 12.1. The Balaban J connectivity index is 1.78. The van der Waals surface area contributed by atoms with Gasteiger partial charge in [-0.25, -0.2) is 18.4 Å². The summed E-state index contributed by atoms with van der Waals surface area (Å²) in [6.07, 6.45) is 2.47. The summed E-state index contributed by atoms with van der Waals surface area (Å²) in [5, 5.41) is 4.63. The molecule has 4 rings (SSSR count). The maximum absolute atomic E-state index is 14.4. The highest BCUT2D eigenvalue weighted by molar-refractivity contribution is 5.93. The molecule has 7 nitrogen and oxygen atoms in total. The maximum Gasteiger partial charge on any atom is 0.251 e. The Morgan fingerprint density at radius 1 is 1.20 bits per heavy atom. The smallest absolute Gasteiger partial charge is 0.251 e. The van der Waals surface area contributed by atoms with Gasteiger partial charge in [-0.3, -0.25) is 4.79 Å². The largest absolute Gasteiger partial charge is 0.482 e. The fraction of sp³-hybridized carbons (Fsp3) is 0.0952. The topological polar surface area (TPSA) is 109 Å². The Bertz CT molecular complexity index is 1260. The van der Waals surface area contributed by atoms with Gasteiger partial charge in [0.05, 0.1) is 16.8 Å². The van der Waals surface area contributed by atoms with E-state index in [0.29, 0.717) is 22.2 Å². The van der Waals surface area contributed by atoms with Gasteiger partial charge >= 0.3 is 0 Å². The van der Waals surface area contributed by atoms with Crippen molar-refractivity contribution in [3.05, 3.63) is 77.6 Å². The van der Waals surface area contributed by atoms with Crippen molar-refractivity contribution in [3.63, 3.8) is 0 Å². The summed E-state index contributed by atoms with van der Waals surface area (Å²) in [6, 6.07) is 9.86. The molecular weight excluding hydrogens is 392 g/mol. The number of aromatic nitrogens is 3. The summed E-state index contributed by atoms with van der Waals surface area (Å²) in [6.45, 7) is 1.69. The van der Waals surface area contributed by atoms with E-state index in [-0.39, 0.29) is 17.1 Å². The number of anilines is 1. The zero-order valence-corrected chi connectivity index (χ0v) is 15.8. The fourth-order valence-electron chi connectivity index (χ4n) is 3.19. The van der Waals surface area contributed by atoms with Crippen LogP contribution in [0.15, 0.2) is 54.9 Å². The molecule has 2 aromatic heterocycles. The van der Waals surface area contributed by atoms with Gasteiger partial charge in [-0.2, -0.15) is 5.10 Å². The van der Waals surface area contributed by atoms with Crippen LogP contribution in [0.25, 0.3) is 16.6 Å². The Hall–Kier alpha value is -4.01. The van der Waals surface area contributed by atoms with Gasteiger partial charge in [-0.05, 0) is 43.3 Å². The molecule has 0 saturated carbocycles. The number of hydrogen-bond donors (Lipinski definition) is 2. The lowest BCUT2D eigenvalue weighted by molar-refractivity contribution is 0.0996. The van der Waals surface area contributed by atoms with Gasteiger partial charge in [0.2, 0.25) is 0 Å². The molecule has 0 aliphatic heterocycles. The predicted octanol–water partition coefficient (Wildman–Crippen LogP) is 3.52. The molecule has 30 heavy (non-hydrogen) atoms. The van der Waals surface area contributed by atoms with Crippen LogP contribution in [0.5, 0.6) is 5.75 Å². The van der Waals surface area contributed by atoms with Crippen molar-refractivity contribution < 1.29 is 18.3 Å². The summed E-state index contributed by atoms with van der Waals surface area (Å²) in [7, 11) is 0. The number of primary amides is 1. The summed E-state index contributed by atoms with van der Waals surface area (Å²) in [4.78, 5) is 15.9. The molecule has 0 fully saturated rings. The summed E-state index contributed by atoms with van der Waals surface area (Å²) < 4.78 is 35.4. The highest BCUT2D eigenvalue weighted by Crippen LogP contribution is 2.32. The SMILES string of the molecule is C[C@H](Oc1cc2cc(F)ccc2nc1N)c1cc(C(N)=O)c(F)cc1-n1cccn1. The first kappa shape index (κ1) is 19.3. The Labute approximate surface area is 169 Å². The number of hydrogen-bond acceptors (Lipinski definition) is 5. The van der Waals surface area contributed by atoms with Crippen molar-refractivity contribution >= 4 is 22.6 Å². The van der Waals surface area contributed by atoms with Crippen molar-refractivity contribution in [2.75, 3.05) is 5.73 Å². The van der Waals surface area contributed by atoms with E-state index in [1.807, 2.05) is 0 Å². The number of halogens is 2. The second kappa shape index (κ2) is 7.43. The number of nitrogens with two attached hydrogens (primary N) is 2. The van der Waals surface area contributed by atoms with Gasteiger partial charge in [0.1, 0.15) is 17.7 Å². The molecule has 0 radical (unpaired) electrons. The minimum absolute atomic E-state index is 0.110. The van der Waals surface area contributed by atoms with Crippen LogP contribution in [0.3, 0.4) is 0 Å². The predicted molar refractivity (Wildman–Crippen MR) is 107 cm³/mol. The highest BCUT2D eigenvalue weighted by atomic mass is 19.1. The van der Waals surface area contributed by atoms with Crippen LogP contribution in [0, 0.1) is 11.6 Å². The van der Waals surface area contributed by atoms with Crippen LogP contribution >= 0.6 is 0 Å². The number of nitrogen functional groups attached to an aromatic ring is 1. The number of ether oxygens (including phenoxy) is 1. The molecule has 1 atom stereocenters. The van der Waals surface area contributed by atoms with Crippen molar-refractivity contribution in [1.29, 1.82) is 0 Å². The van der Waals surface area contributed by atoms with Gasteiger partial charge in [0.15, 0.2) is 11.6 Å². The number of carbonyl (C=O) groups is 1. The van der Waals surface area contributed by atoms with Gasteiger partial charge in [0.25, 0.3) is 5.91 Å². The van der Waals surface area contributed by atoms with Gasteiger partial charge in [0, 0.05) is 29.4 Å². The Kier molecular flexibility index (Phi) is 4.78. The lowest BCUT2D eigenvalue weighted by atomic mass is 10.0. The molecule has 4 N–H and O–H groups in total. The van der Waals surface area contributed by atoms with Gasteiger partial charge in [-0.1, -0.05) is 0 Å². The summed E-state index contributed by atoms with van der Waals surface area (Å²) >= 11 is 0. The number of nitrogens with zero attached hydrogens (tertiary/aromatic N) is 3. The number of carbonyl (C=O) groups excluding carboxylic acids is 1. The van der Waals surface area contributed by atoms with Crippen LogP contribution in [-0.4, -0.2) is 20.7 Å². The first-order chi connectivity index (χ1) is 14.3. The Morgan fingerprint density at radius 3 is 2.70 bits per heavy atom. The molecule has 0 aliphatic carbocycles. The van der Waals surface area contributed by atoms with Gasteiger partial charge in [-0.15, -0.1) is 0 Å². The number of rotatable bonds is 5. The van der Waals surface area contributed by atoms with Crippen molar-refractivity contribution in [3.8, 4) is 11.4 Å². The second-order valence-electron chi connectivity index (χ2n) is 6.67. The van der Waals surface area contributed by atoms with E-state index in [0.717, 1.165) is 0 Å². The lowest BCUT2D eigenvalue weighted by Crippen LogP contribution is -2.17. The van der Waals surface area contributed by atoms with E-state index in [4.69, 9.17) is 16.2 Å². The lowest BCUT2D eigenvalue weighted by Gasteiger charge is -2.20. The van der Waals surface area contributed by atoms with E-state index < -0.39 is 23.6 Å². The maximum atomic E-state index is 14.4. The molecule has 1 amide bonds. The van der Waals surface area contributed by atoms with Crippen molar-refractivity contribution in [2.24, 2.45) is 5.73 Å². The minimum Gasteiger partial charge on any atom is -0.482 e. The summed E-state index contributed by atoms with van der Waals surface area (Å²) in [5.41, 5.74) is 12.4. The third kappa shape index (κ3) is 3.52. The number of benzene rings is 2. The molecule has 0 unspecified atom stereocenters. The average molecular weight is 409 g/mol. The van der Waals surface area contributed by atoms with E-state index in [9.17, 15) is 13.6 Å². The second-order valence-corrected chi connectivity index (χ2v) is 6.67. The standard InChI is InChI=1S/C21H17F2N5O2/c1-11(30-19-8-12-7-13(22)3-4-17(12)27-20(19)24)14-9-15(21(25)29)16(23)10-18(14)28-6-2-5-26-28/h2-11H,1H3,(H2,24,27)(H2,25,29)/t11-/m0/s1. The highest BCUT2D eigenvalue weighted by Gasteiger charge is 2.21. The summed E-state index contributed by atoms with van der Waals surface area (Å²) in [5.74, 6) is -1.77. The molecule has 0 bridgehead atoms. The molecular formula is C21H17F2N5O2. The third-order valence-corrected chi connectivity index (χ3v) is 4.64. The zero-order chi connectivity index (χ0) is 21.4. The average Bonchev–Trinajstić information content (AvgIpc) is 3.23. The van der Waals surface area contributed by atoms with E-state index in [2.05, 4.69) is 10.1 Å². The van der Waals surface area contributed by atoms with Crippen LogP contribution in [-0.2, 0) is 0 Å². The van der Waals surface area contributed by atoms with E-state index >= 15 is 0 Å². The molecule has 2 heterocycles. The van der Waals surface area contributed by atoms with Crippen LogP contribution in [0.4, 0.5) is 14.6 Å². The zero-order valence-electron chi connectivity index (χ0n) is 15.8. The van der Waals surface area contributed by atoms with Gasteiger partial charge < -0.3 is 16.2 Å². The quantitative estimate of drug-likeness (QED) is 0.524. The number of amides is 1. The minimum atomic E-state index is -0.907. The fourth-order valence-corrected chi connectivity index (χ4v) is 3.19. The molecule has 4 aromatic rings. The van der Waals surface area contributed by atoms with Crippen LogP contribution in [0.2, 0.25) is 0 Å². The van der Waals surface area contributed by atoms with E-state index in [1.54, 1.807) is 25.3 Å². The Morgan fingerprint density at radius 2 is 2.00 bits per heavy atom. The van der Waals surface area contributed by atoms with Crippen molar-refractivity contribution in [1.82, 2.24) is 14.8 Å². The first-order valence-corrected chi connectivity index (χ1v) is 8.99. The number of pyridine rings is 1. The molecule has 0 spiro atoms.